The molecule has 4 N–H and O–H groups in total. The summed E-state index contributed by atoms with van der Waals surface area (Å²) in [6.45, 7) is 3.78. The molecule has 0 aromatic heterocycles. The lowest BCUT2D eigenvalue weighted by Gasteiger charge is -2.19. The number of unbranched alkanes of at least 4 members (excludes halogenated alkanes) is 1. The Morgan fingerprint density at radius 3 is 2.93 bits per heavy atom. The molecule has 1 aliphatic carbocycles. The van der Waals surface area contributed by atoms with E-state index in [4.69, 9.17) is 10.5 Å². The van der Waals surface area contributed by atoms with Crippen LogP contribution >= 0.6 is 0 Å². The summed E-state index contributed by atoms with van der Waals surface area (Å²) in [6.07, 6.45) is 6.79. The van der Waals surface area contributed by atoms with Crippen LogP contribution in [-0.2, 0) is 11.2 Å². The molecule has 30 heavy (non-hydrogen) atoms. The Labute approximate surface area is 179 Å². The fraction of sp³-hybridized carbons (Fsp3) is 0.560. The van der Waals surface area contributed by atoms with Gasteiger partial charge in [-0.2, -0.15) is 0 Å². The molecule has 162 valence electrons. The molecular formula is C25H33NO4. The van der Waals surface area contributed by atoms with Crippen LogP contribution in [0.4, 0.5) is 0 Å². The molecule has 1 amide bonds. The number of ether oxygens (including phenoxy) is 1. The zero-order chi connectivity index (χ0) is 21.7. The van der Waals surface area contributed by atoms with E-state index in [1.165, 1.54) is 0 Å². The van der Waals surface area contributed by atoms with E-state index in [1.54, 1.807) is 6.92 Å². The molecule has 0 radical (unpaired) electrons. The number of benzene rings is 1. The van der Waals surface area contributed by atoms with Crippen molar-refractivity contribution in [2.75, 3.05) is 0 Å². The Morgan fingerprint density at radius 1 is 1.40 bits per heavy atom. The molecule has 1 fully saturated rings. The molecule has 0 saturated heterocycles. The summed E-state index contributed by atoms with van der Waals surface area (Å²) in [5, 5.41) is 21.1. The molecule has 0 unspecified atom stereocenters. The predicted molar refractivity (Wildman–Crippen MR) is 117 cm³/mol. The van der Waals surface area contributed by atoms with Gasteiger partial charge in [-0.15, -0.1) is 11.8 Å². The van der Waals surface area contributed by atoms with Gasteiger partial charge in [-0.25, -0.2) is 0 Å². The molecule has 6 atom stereocenters. The number of aliphatic hydroxyl groups excluding tert-OH is 2. The van der Waals surface area contributed by atoms with Crippen molar-refractivity contribution in [3.05, 3.63) is 41.5 Å². The minimum atomic E-state index is -0.588. The summed E-state index contributed by atoms with van der Waals surface area (Å²) in [4.78, 5) is 10.9. The number of fused-ring (bicyclic) bond motifs is 3. The highest BCUT2D eigenvalue weighted by Crippen LogP contribution is 2.52. The monoisotopic (exact) mass is 411 g/mol. The highest BCUT2D eigenvalue weighted by molar-refractivity contribution is 5.73. The molecule has 0 spiro atoms. The van der Waals surface area contributed by atoms with Gasteiger partial charge in [-0.1, -0.05) is 37.3 Å². The summed E-state index contributed by atoms with van der Waals surface area (Å²) in [5.41, 5.74) is 7.51. The van der Waals surface area contributed by atoms with E-state index >= 15 is 0 Å². The molecule has 5 heteroatoms. The first-order chi connectivity index (χ1) is 14.4. The topological polar surface area (TPSA) is 92.8 Å². The van der Waals surface area contributed by atoms with Crippen molar-refractivity contribution in [3.8, 4) is 17.6 Å². The normalized spacial score (nSPS) is 26.4. The number of amides is 1. The summed E-state index contributed by atoms with van der Waals surface area (Å²) < 4.78 is 6.28. The van der Waals surface area contributed by atoms with Crippen molar-refractivity contribution in [3.63, 3.8) is 0 Å². The van der Waals surface area contributed by atoms with E-state index < -0.39 is 12.2 Å². The third-order valence-corrected chi connectivity index (χ3v) is 6.32. The Kier molecular flexibility index (Phi) is 7.58. The molecule has 1 aliphatic heterocycles. The number of nitrogens with two attached hydrogens (primary N) is 1. The highest BCUT2D eigenvalue weighted by atomic mass is 16.5. The predicted octanol–water partition coefficient (Wildman–Crippen LogP) is 3.08. The van der Waals surface area contributed by atoms with Gasteiger partial charge in [0, 0.05) is 36.7 Å². The van der Waals surface area contributed by atoms with Crippen LogP contribution in [0.15, 0.2) is 30.4 Å². The van der Waals surface area contributed by atoms with E-state index in [0.717, 1.165) is 36.1 Å². The maximum absolute atomic E-state index is 10.9. The largest absolute Gasteiger partial charge is 0.489 e. The third-order valence-electron chi connectivity index (χ3n) is 6.32. The van der Waals surface area contributed by atoms with Crippen molar-refractivity contribution < 1.29 is 19.7 Å². The first kappa shape index (κ1) is 22.4. The quantitative estimate of drug-likeness (QED) is 0.331. The fourth-order valence-corrected chi connectivity index (χ4v) is 4.60. The van der Waals surface area contributed by atoms with Crippen LogP contribution in [0.3, 0.4) is 0 Å². The molecular weight excluding hydrogens is 378 g/mol. The Morgan fingerprint density at radius 2 is 2.20 bits per heavy atom. The molecule has 1 aromatic rings. The molecule has 1 saturated carbocycles. The fourth-order valence-electron chi connectivity index (χ4n) is 4.60. The van der Waals surface area contributed by atoms with E-state index in [2.05, 4.69) is 24.0 Å². The van der Waals surface area contributed by atoms with E-state index in [9.17, 15) is 15.0 Å². The average molecular weight is 412 g/mol. The second-order valence-corrected chi connectivity index (χ2v) is 8.56. The summed E-state index contributed by atoms with van der Waals surface area (Å²) in [7, 11) is 0. The lowest BCUT2D eigenvalue weighted by atomic mass is 9.86. The molecule has 2 aliphatic rings. The number of aliphatic hydroxyl groups is 2. The lowest BCUT2D eigenvalue weighted by molar-refractivity contribution is -0.118. The molecule has 1 heterocycles. The summed E-state index contributed by atoms with van der Waals surface area (Å²) in [6, 6.07) is 6.20. The number of carbonyl (C=O) groups excluding carboxylic acids is 1. The molecule has 3 rings (SSSR count). The highest BCUT2D eigenvalue weighted by Gasteiger charge is 2.48. The van der Waals surface area contributed by atoms with Crippen molar-refractivity contribution >= 4 is 5.91 Å². The molecule has 5 nitrogen and oxygen atoms in total. The number of rotatable bonds is 9. The van der Waals surface area contributed by atoms with Gasteiger partial charge < -0.3 is 20.7 Å². The molecule has 0 bridgehead atoms. The zero-order valence-corrected chi connectivity index (χ0v) is 17.9. The van der Waals surface area contributed by atoms with Gasteiger partial charge in [0.05, 0.1) is 12.2 Å². The van der Waals surface area contributed by atoms with Crippen molar-refractivity contribution in [2.45, 2.75) is 76.6 Å². The van der Waals surface area contributed by atoms with Gasteiger partial charge in [-0.3, -0.25) is 4.79 Å². The first-order valence-electron chi connectivity index (χ1n) is 10.9. The number of hydrogen-bond acceptors (Lipinski definition) is 4. The molecule has 1 aromatic carbocycles. The van der Waals surface area contributed by atoms with Crippen molar-refractivity contribution in [1.82, 2.24) is 0 Å². The van der Waals surface area contributed by atoms with Gasteiger partial charge >= 0.3 is 0 Å². The Balaban J connectivity index is 1.71. The number of carbonyl (C=O) groups is 1. The first-order valence-corrected chi connectivity index (χ1v) is 10.9. The van der Waals surface area contributed by atoms with E-state index in [-0.39, 0.29) is 29.8 Å². The van der Waals surface area contributed by atoms with Crippen LogP contribution in [0, 0.1) is 23.7 Å². The smallest absolute Gasteiger partial charge is 0.217 e. The zero-order valence-electron chi connectivity index (χ0n) is 17.9. The van der Waals surface area contributed by atoms with Crippen LogP contribution in [0.5, 0.6) is 5.75 Å². The van der Waals surface area contributed by atoms with Crippen LogP contribution in [0.1, 0.15) is 63.0 Å². The lowest BCUT2D eigenvalue weighted by Crippen LogP contribution is -2.19. The summed E-state index contributed by atoms with van der Waals surface area (Å²) in [5.74, 6) is 6.60. The van der Waals surface area contributed by atoms with Crippen LogP contribution in [0.25, 0.3) is 0 Å². The van der Waals surface area contributed by atoms with Gasteiger partial charge in [0.1, 0.15) is 11.9 Å². The minimum absolute atomic E-state index is 0.0437. The number of para-hydroxylation sites is 1. The van der Waals surface area contributed by atoms with Crippen molar-refractivity contribution in [2.24, 2.45) is 17.6 Å². The van der Waals surface area contributed by atoms with Crippen LogP contribution < -0.4 is 10.5 Å². The summed E-state index contributed by atoms with van der Waals surface area (Å²) >= 11 is 0. The third kappa shape index (κ3) is 5.06. The maximum Gasteiger partial charge on any atom is 0.217 e. The van der Waals surface area contributed by atoms with Gasteiger partial charge in [-0.05, 0) is 37.7 Å². The second-order valence-electron chi connectivity index (χ2n) is 8.56. The van der Waals surface area contributed by atoms with Gasteiger partial charge in [0.25, 0.3) is 0 Å². The average Bonchev–Trinajstić information content (AvgIpc) is 3.22. The Hall–Kier alpha value is -2.29. The van der Waals surface area contributed by atoms with Crippen LogP contribution in [-0.4, -0.2) is 34.4 Å². The number of hydrogen-bond donors (Lipinski definition) is 3. The van der Waals surface area contributed by atoms with Crippen molar-refractivity contribution in [1.29, 1.82) is 0 Å². The van der Waals surface area contributed by atoms with Crippen LogP contribution in [0.2, 0.25) is 0 Å². The standard InChI is InChI=1S/C25H33NO4/c1-3-4-8-16(2)20(27)14-13-18-21(28)15-22-24(18)19-11-7-10-17(25(19)30-22)9-5-6-12-23(26)29/h7,10-11,13-14,16,18,20-22,24,27-28H,5-6,8-9,12,15H2,1-2H3,(H2,26,29)/t16-,18+,20-,21-,22+,24+/m1/s1. The van der Waals surface area contributed by atoms with Gasteiger partial charge in [0.15, 0.2) is 0 Å². The number of aryl methyl sites for hydroxylation is 1. The number of primary amides is 1. The second kappa shape index (κ2) is 10.1. The van der Waals surface area contributed by atoms with Gasteiger partial charge in [0.2, 0.25) is 5.91 Å². The minimum Gasteiger partial charge on any atom is -0.489 e. The van der Waals surface area contributed by atoms with E-state index in [1.807, 2.05) is 25.1 Å². The maximum atomic E-state index is 10.9. The SMILES string of the molecule is CC#CC[C@@H](C)[C@H](O)C=C[C@@H]1[C@H]2c3cccc(CCCCC(N)=O)c3O[C@H]2C[C@H]1O. The Bertz CT molecular complexity index is 837. The van der Waals surface area contributed by atoms with E-state index in [0.29, 0.717) is 19.3 Å².